The van der Waals surface area contributed by atoms with E-state index in [1.807, 2.05) is 25.8 Å². The van der Waals surface area contributed by atoms with Gasteiger partial charge in [-0.25, -0.2) is 0 Å². The molecule has 5 nitrogen and oxygen atoms in total. The Bertz CT molecular complexity index is 519. The minimum atomic E-state index is -0.304. The monoisotopic (exact) mass is 290 g/mol. The number of carbonyl (C=O) groups is 2. The highest BCUT2D eigenvalue weighted by atomic mass is 16.3. The molecule has 5 heteroatoms. The van der Waals surface area contributed by atoms with Crippen LogP contribution < -0.4 is 0 Å². The lowest BCUT2D eigenvalue weighted by atomic mass is 10.1. The number of hydrogen-bond donors (Lipinski definition) is 1. The quantitative estimate of drug-likeness (QED) is 0.804. The summed E-state index contributed by atoms with van der Waals surface area (Å²) in [4.78, 5) is 27.7. The smallest absolute Gasteiger partial charge is 0.261 e. The van der Waals surface area contributed by atoms with E-state index in [-0.39, 0.29) is 24.0 Å². The molecule has 0 bridgehead atoms. The molecule has 0 aromatic heterocycles. The van der Waals surface area contributed by atoms with Crippen LogP contribution in [0, 0.1) is 0 Å². The van der Waals surface area contributed by atoms with Crippen molar-refractivity contribution in [1.82, 2.24) is 9.80 Å². The van der Waals surface area contributed by atoms with Crippen molar-refractivity contribution >= 4 is 11.8 Å². The molecule has 0 spiro atoms. The number of amides is 2. The number of aliphatic hydroxyl groups excluding tert-OH is 1. The van der Waals surface area contributed by atoms with Crippen LogP contribution in [0.15, 0.2) is 24.3 Å². The van der Waals surface area contributed by atoms with Gasteiger partial charge in [-0.2, -0.15) is 0 Å². The average molecular weight is 290 g/mol. The van der Waals surface area contributed by atoms with Gasteiger partial charge in [0.15, 0.2) is 0 Å². The van der Waals surface area contributed by atoms with Crippen LogP contribution in [0.5, 0.6) is 0 Å². The molecule has 114 valence electrons. The van der Waals surface area contributed by atoms with Crippen LogP contribution in [0.4, 0.5) is 0 Å². The summed E-state index contributed by atoms with van der Waals surface area (Å²) in [5, 5.41) is 9.32. The van der Waals surface area contributed by atoms with Gasteiger partial charge in [0, 0.05) is 18.6 Å². The lowest BCUT2D eigenvalue weighted by Gasteiger charge is -2.34. The summed E-state index contributed by atoms with van der Waals surface area (Å²) in [6.45, 7) is 5.08. The summed E-state index contributed by atoms with van der Waals surface area (Å²) >= 11 is 0. The van der Waals surface area contributed by atoms with Crippen molar-refractivity contribution in [2.45, 2.75) is 25.8 Å². The molecule has 1 N–H and O–H groups in total. The molecule has 2 amide bonds. The van der Waals surface area contributed by atoms with Gasteiger partial charge in [-0.15, -0.1) is 0 Å². The third-order valence-corrected chi connectivity index (χ3v) is 4.17. The van der Waals surface area contributed by atoms with E-state index >= 15 is 0 Å². The van der Waals surface area contributed by atoms with E-state index in [0.29, 0.717) is 30.6 Å². The molecule has 0 unspecified atom stereocenters. The Hall–Kier alpha value is -1.72. The molecule has 1 heterocycles. The van der Waals surface area contributed by atoms with Gasteiger partial charge in [-0.3, -0.25) is 19.4 Å². The lowest BCUT2D eigenvalue weighted by molar-refractivity contribution is 0.0605. The zero-order valence-corrected chi connectivity index (χ0v) is 12.8. The molecular formula is C16H22N2O3. The van der Waals surface area contributed by atoms with Gasteiger partial charge < -0.3 is 5.11 Å². The number of likely N-dealkylation sites (N-methyl/N-ethyl adjacent to an activating group) is 1. The first-order valence-corrected chi connectivity index (χ1v) is 7.16. The first kappa shape index (κ1) is 15.7. The zero-order valence-electron chi connectivity index (χ0n) is 12.8. The minimum absolute atomic E-state index is 0.0660. The van der Waals surface area contributed by atoms with Gasteiger partial charge in [0.25, 0.3) is 11.8 Å². The molecule has 0 fully saturated rings. The minimum Gasteiger partial charge on any atom is -0.394 e. The molecule has 1 aromatic carbocycles. The van der Waals surface area contributed by atoms with Crippen molar-refractivity contribution in [3.8, 4) is 0 Å². The van der Waals surface area contributed by atoms with Crippen LogP contribution in [0.1, 0.15) is 41.0 Å². The molecule has 0 radical (unpaired) electrons. The predicted molar refractivity (Wildman–Crippen MR) is 80.2 cm³/mol. The summed E-state index contributed by atoms with van der Waals surface area (Å²) in [6, 6.07) is 6.92. The number of hydrogen-bond acceptors (Lipinski definition) is 4. The highest BCUT2D eigenvalue weighted by Gasteiger charge is 2.34. The summed E-state index contributed by atoms with van der Waals surface area (Å²) in [5.74, 6) is -0.417. The van der Waals surface area contributed by atoms with Crippen LogP contribution in [0.25, 0.3) is 0 Å². The maximum absolute atomic E-state index is 12.2. The van der Waals surface area contributed by atoms with Gasteiger partial charge >= 0.3 is 0 Å². The fourth-order valence-electron chi connectivity index (χ4n) is 2.33. The summed E-state index contributed by atoms with van der Waals surface area (Å²) < 4.78 is 0. The van der Waals surface area contributed by atoms with E-state index < -0.39 is 0 Å². The first-order valence-electron chi connectivity index (χ1n) is 7.16. The molecule has 1 aromatic rings. The van der Waals surface area contributed by atoms with E-state index in [1.54, 1.807) is 24.3 Å². The van der Waals surface area contributed by atoms with E-state index in [0.717, 1.165) is 0 Å². The van der Waals surface area contributed by atoms with Crippen LogP contribution in [0.2, 0.25) is 0 Å². The average Bonchev–Trinajstić information content (AvgIpc) is 2.72. The van der Waals surface area contributed by atoms with Crippen molar-refractivity contribution in [3.05, 3.63) is 35.4 Å². The van der Waals surface area contributed by atoms with Crippen molar-refractivity contribution in [2.75, 3.05) is 26.7 Å². The maximum atomic E-state index is 12.2. The molecule has 1 aliphatic heterocycles. The van der Waals surface area contributed by atoms with Gasteiger partial charge in [0.2, 0.25) is 0 Å². The van der Waals surface area contributed by atoms with E-state index in [1.165, 1.54) is 4.90 Å². The van der Waals surface area contributed by atoms with Gasteiger partial charge in [-0.1, -0.05) is 12.1 Å². The van der Waals surface area contributed by atoms with Crippen LogP contribution in [-0.2, 0) is 0 Å². The van der Waals surface area contributed by atoms with Crippen LogP contribution in [0.3, 0.4) is 0 Å². The summed E-state index contributed by atoms with van der Waals surface area (Å²) in [6.07, 6.45) is 0.686. The second kappa shape index (κ2) is 5.95. The first-order chi connectivity index (χ1) is 9.88. The number of imide groups is 1. The Morgan fingerprint density at radius 2 is 1.67 bits per heavy atom. The van der Waals surface area contributed by atoms with Gasteiger partial charge in [0.05, 0.1) is 17.7 Å². The fourth-order valence-corrected chi connectivity index (χ4v) is 2.33. The summed E-state index contributed by atoms with van der Waals surface area (Å²) in [7, 11) is 1.93. The van der Waals surface area contributed by atoms with Crippen molar-refractivity contribution < 1.29 is 14.7 Å². The highest BCUT2D eigenvalue weighted by molar-refractivity contribution is 6.21. The Labute approximate surface area is 125 Å². The van der Waals surface area contributed by atoms with Crippen molar-refractivity contribution in [3.63, 3.8) is 0 Å². The summed E-state index contributed by atoms with van der Waals surface area (Å²) in [5.41, 5.74) is 0.681. The van der Waals surface area contributed by atoms with Crippen LogP contribution >= 0.6 is 0 Å². The van der Waals surface area contributed by atoms with Crippen molar-refractivity contribution in [2.24, 2.45) is 0 Å². The van der Waals surface area contributed by atoms with Crippen LogP contribution in [-0.4, -0.2) is 59.0 Å². The largest absolute Gasteiger partial charge is 0.394 e. The SMILES string of the molecule is CN(CCCN1C(=O)c2ccccc2C1=O)C(C)(C)CO. The fraction of sp³-hybridized carbons (Fsp3) is 0.500. The molecule has 1 aliphatic rings. The number of benzene rings is 1. The zero-order chi connectivity index (χ0) is 15.6. The van der Waals surface area contributed by atoms with E-state index in [4.69, 9.17) is 0 Å². The van der Waals surface area contributed by atoms with Gasteiger partial charge in [-0.05, 0) is 39.4 Å². The third-order valence-electron chi connectivity index (χ3n) is 4.17. The molecule has 0 atom stereocenters. The molecule has 0 aliphatic carbocycles. The van der Waals surface area contributed by atoms with Gasteiger partial charge in [0.1, 0.15) is 0 Å². The third kappa shape index (κ3) is 2.99. The number of nitrogens with zero attached hydrogens (tertiary/aromatic N) is 2. The Morgan fingerprint density at radius 3 is 2.14 bits per heavy atom. The number of carbonyl (C=O) groups excluding carboxylic acids is 2. The highest BCUT2D eigenvalue weighted by Crippen LogP contribution is 2.22. The number of rotatable bonds is 6. The maximum Gasteiger partial charge on any atom is 0.261 e. The topological polar surface area (TPSA) is 60.9 Å². The standard InChI is InChI=1S/C16H22N2O3/c1-16(2,11-19)17(3)9-6-10-18-14(20)12-7-4-5-8-13(12)15(18)21/h4-5,7-8,19H,6,9-11H2,1-3H3. The van der Waals surface area contributed by atoms with Crippen molar-refractivity contribution in [1.29, 1.82) is 0 Å². The second-order valence-electron chi connectivity index (χ2n) is 6.05. The molecule has 0 saturated heterocycles. The Balaban J connectivity index is 1.94. The molecule has 0 saturated carbocycles. The molecule has 2 rings (SSSR count). The number of aliphatic hydroxyl groups is 1. The molecule has 21 heavy (non-hydrogen) atoms. The molecular weight excluding hydrogens is 268 g/mol. The number of fused-ring (bicyclic) bond motifs is 1. The Morgan fingerprint density at radius 1 is 1.14 bits per heavy atom. The van der Waals surface area contributed by atoms with E-state index in [2.05, 4.69) is 0 Å². The lowest BCUT2D eigenvalue weighted by Crippen LogP contribution is -2.45. The Kier molecular flexibility index (Phi) is 4.44. The predicted octanol–water partition coefficient (Wildman–Crippen LogP) is 1.38. The van der Waals surface area contributed by atoms with E-state index in [9.17, 15) is 14.7 Å². The normalized spacial score (nSPS) is 15.0. The second-order valence-corrected chi connectivity index (χ2v) is 6.05.